The number of rotatable bonds is 4. The first-order chi connectivity index (χ1) is 15.3. The fourth-order valence-electron chi connectivity index (χ4n) is 4.02. The maximum absolute atomic E-state index is 15.3. The minimum atomic E-state index is -1.65. The number of aromatic amines is 1. The largest absolute Gasteiger partial charge is 0.388 e. The SMILES string of the molecule is Cc1cc(C)c(-c2[nH]c(CO)nc2C#N)cc1C(=O)N1CC(F)(c2ccc(C#N)cc2)C1. The van der Waals surface area contributed by atoms with Gasteiger partial charge in [-0.05, 0) is 48.7 Å². The second-order valence-electron chi connectivity index (χ2n) is 7.97. The lowest BCUT2D eigenvalue weighted by molar-refractivity contribution is -0.0231. The lowest BCUT2D eigenvalue weighted by Gasteiger charge is -2.45. The van der Waals surface area contributed by atoms with Gasteiger partial charge in [0.25, 0.3) is 5.91 Å². The fourth-order valence-corrected chi connectivity index (χ4v) is 4.02. The second kappa shape index (κ2) is 7.92. The summed E-state index contributed by atoms with van der Waals surface area (Å²) in [6.45, 7) is 3.17. The second-order valence-corrected chi connectivity index (χ2v) is 7.97. The Morgan fingerprint density at radius 3 is 2.47 bits per heavy atom. The first-order valence-corrected chi connectivity index (χ1v) is 10.00. The molecule has 1 aliphatic rings. The highest BCUT2D eigenvalue weighted by atomic mass is 19.1. The monoisotopic (exact) mass is 429 g/mol. The number of aryl methyl sites for hydroxylation is 2. The molecule has 7 nitrogen and oxygen atoms in total. The molecule has 0 radical (unpaired) electrons. The Labute approximate surface area is 184 Å². The number of aliphatic hydroxyl groups is 1. The van der Waals surface area contributed by atoms with Crippen LogP contribution in [0.2, 0.25) is 0 Å². The van der Waals surface area contributed by atoms with Crippen LogP contribution in [0.5, 0.6) is 0 Å². The van der Waals surface area contributed by atoms with E-state index in [9.17, 15) is 15.2 Å². The molecule has 8 heteroatoms. The number of benzene rings is 2. The van der Waals surface area contributed by atoms with Crippen LogP contribution in [0.3, 0.4) is 0 Å². The molecule has 0 spiro atoms. The zero-order chi connectivity index (χ0) is 23.0. The first kappa shape index (κ1) is 21.2. The number of aliphatic hydroxyl groups excluding tert-OH is 1. The van der Waals surface area contributed by atoms with Crippen LogP contribution in [0.25, 0.3) is 11.3 Å². The summed E-state index contributed by atoms with van der Waals surface area (Å²) in [4.78, 5) is 21.6. The van der Waals surface area contributed by atoms with Gasteiger partial charge in [0.15, 0.2) is 11.4 Å². The van der Waals surface area contributed by atoms with Crippen LogP contribution in [0.1, 0.15) is 44.1 Å². The van der Waals surface area contributed by atoms with Gasteiger partial charge in [0.2, 0.25) is 0 Å². The van der Waals surface area contributed by atoms with E-state index in [2.05, 4.69) is 9.97 Å². The molecule has 0 atom stereocenters. The molecule has 4 rings (SSSR count). The number of hydrogen-bond donors (Lipinski definition) is 2. The van der Waals surface area contributed by atoms with Crippen LogP contribution in [-0.4, -0.2) is 39.0 Å². The van der Waals surface area contributed by atoms with Crippen molar-refractivity contribution in [2.45, 2.75) is 26.1 Å². The summed E-state index contributed by atoms with van der Waals surface area (Å²) in [5.41, 5.74) is 2.42. The number of nitriles is 2. The molecule has 1 amide bonds. The molecule has 0 saturated carbocycles. The third-order valence-electron chi connectivity index (χ3n) is 5.78. The number of halogens is 1. The quantitative estimate of drug-likeness (QED) is 0.660. The number of alkyl halides is 1. The van der Waals surface area contributed by atoms with Gasteiger partial charge in [0.05, 0.1) is 30.4 Å². The smallest absolute Gasteiger partial charge is 0.254 e. The zero-order valence-electron chi connectivity index (χ0n) is 17.6. The van der Waals surface area contributed by atoms with Crippen molar-refractivity contribution in [1.29, 1.82) is 10.5 Å². The molecule has 1 fully saturated rings. The number of imidazole rings is 1. The fraction of sp³-hybridized carbons (Fsp3) is 0.250. The maximum Gasteiger partial charge on any atom is 0.254 e. The van der Waals surface area contributed by atoms with E-state index in [1.165, 1.54) is 4.90 Å². The van der Waals surface area contributed by atoms with E-state index in [-0.39, 0.29) is 37.1 Å². The Morgan fingerprint density at radius 2 is 1.88 bits per heavy atom. The summed E-state index contributed by atoms with van der Waals surface area (Å²) in [7, 11) is 0. The van der Waals surface area contributed by atoms with E-state index in [1.54, 1.807) is 30.3 Å². The average molecular weight is 429 g/mol. The number of carbonyl (C=O) groups excluding carboxylic acids is 1. The van der Waals surface area contributed by atoms with Crippen LogP contribution in [-0.2, 0) is 12.3 Å². The Morgan fingerprint density at radius 1 is 1.19 bits per heavy atom. The standard InChI is InChI=1S/C24H20FN5O2/c1-14-7-15(2)19(8-18(14)22-20(10-27)28-21(11-31)29-22)23(32)30-12-24(25,13-30)17-5-3-16(9-26)4-6-17/h3-8,31H,11-13H2,1-2H3,(H,28,29). The number of amides is 1. The molecular formula is C24H20FN5O2. The van der Waals surface area contributed by atoms with E-state index in [1.807, 2.05) is 32.1 Å². The molecule has 1 aromatic heterocycles. The molecule has 0 bridgehead atoms. The van der Waals surface area contributed by atoms with Gasteiger partial charge in [-0.25, -0.2) is 9.37 Å². The van der Waals surface area contributed by atoms with E-state index in [0.717, 1.165) is 11.1 Å². The number of nitrogens with one attached hydrogen (secondary N) is 1. The lowest BCUT2D eigenvalue weighted by atomic mass is 9.86. The normalized spacial score (nSPS) is 14.4. The Hall–Kier alpha value is -4.01. The first-order valence-electron chi connectivity index (χ1n) is 10.00. The van der Waals surface area contributed by atoms with Gasteiger partial charge < -0.3 is 15.0 Å². The van der Waals surface area contributed by atoms with Crippen LogP contribution in [0, 0.1) is 36.5 Å². The molecule has 1 saturated heterocycles. The molecule has 2 heterocycles. The van der Waals surface area contributed by atoms with Crippen LogP contribution < -0.4 is 0 Å². The van der Waals surface area contributed by atoms with Crippen molar-refractivity contribution >= 4 is 5.91 Å². The van der Waals surface area contributed by atoms with Crippen molar-refractivity contribution in [3.05, 3.63) is 75.7 Å². The third-order valence-corrected chi connectivity index (χ3v) is 5.78. The summed E-state index contributed by atoms with van der Waals surface area (Å²) < 4.78 is 15.3. The highest BCUT2D eigenvalue weighted by molar-refractivity contribution is 5.98. The predicted molar refractivity (Wildman–Crippen MR) is 114 cm³/mol. The minimum absolute atomic E-state index is 0.0808. The number of hydrogen-bond acceptors (Lipinski definition) is 5. The van der Waals surface area contributed by atoms with Crippen molar-refractivity contribution in [2.24, 2.45) is 0 Å². The van der Waals surface area contributed by atoms with Crippen molar-refractivity contribution < 1.29 is 14.3 Å². The Balaban J connectivity index is 1.61. The molecule has 2 aromatic carbocycles. The molecule has 0 unspecified atom stereocenters. The molecule has 2 N–H and O–H groups in total. The number of carbonyl (C=O) groups is 1. The van der Waals surface area contributed by atoms with E-state index in [4.69, 9.17) is 5.26 Å². The molecule has 160 valence electrons. The maximum atomic E-state index is 15.3. The van der Waals surface area contributed by atoms with Crippen molar-refractivity contribution in [2.75, 3.05) is 13.1 Å². The highest BCUT2D eigenvalue weighted by Crippen LogP contribution is 2.38. The number of H-pyrrole nitrogens is 1. The minimum Gasteiger partial charge on any atom is -0.388 e. The summed E-state index contributed by atoms with van der Waals surface area (Å²) >= 11 is 0. The molecule has 3 aromatic rings. The summed E-state index contributed by atoms with van der Waals surface area (Å²) in [6.07, 6.45) is 0. The lowest BCUT2D eigenvalue weighted by Crippen LogP contribution is -2.58. The van der Waals surface area contributed by atoms with Gasteiger partial charge in [0, 0.05) is 11.1 Å². The van der Waals surface area contributed by atoms with Crippen molar-refractivity contribution in [3.8, 4) is 23.4 Å². The van der Waals surface area contributed by atoms with Gasteiger partial charge in [-0.3, -0.25) is 4.79 Å². The average Bonchev–Trinajstić information content (AvgIpc) is 3.20. The molecule has 1 aliphatic heterocycles. The van der Waals surface area contributed by atoms with Gasteiger partial charge in [-0.15, -0.1) is 0 Å². The Kier molecular flexibility index (Phi) is 5.25. The molecule has 32 heavy (non-hydrogen) atoms. The third kappa shape index (κ3) is 3.51. The van der Waals surface area contributed by atoms with Gasteiger partial charge in [-0.1, -0.05) is 18.2 Å². The van der Waals surface area contributed by atoms with Gasteiger partial charge >= 0.3 is 0 Å². The highest BCUT2D eigenvalue weighted by Gasteiger charge is 2.47. The summed E-state index contributed by atoms with van der Waals surface area (Å²) in [5.74, 6) is -0.0390. The topological polar surface area (TPSA) is 117 Å². The van der Waals surface area contributed by atoms with Gasteiger partial charge in [0.1, 0.15) is 18.5 Å². The van der Waals surface area contributed by atoms with Crippen LogP contribution in [0.15, 0.2) is 36.4 Å². The number of nitrogens with zero attached hydrogens (tertiary/aromatic N) is 4. The van der Waals surface area contributed by atoms with Crippen molar-refractivity contribution in [3.63, 3.8) is 0 Å². The predicted octanol–water partition coefficient (Wildman–Crippen LogP) is 3.25. The van der Waals surface area contributed by atoms with Crippen molar-refractivity contribution in [1.82, 2.24) is 14.9 Å². The van der Waals surface area contributed by atoms with Crippen LogP contribution >= 0.6 is 0 Å². The van der Waals surface area contributed by atoms with Crippen LogP contribution in [0.4, 0.5) is 4.39 Å². The summed E-state index contributed by atoms with van der Waals surface area (Å²) in [5, 5.41) is 27.7. The van der Waals surface area contributed by atoms with E-state index < -0.39 is 5.67 Å². The number of likely N-dealkylation sites (tertiary alicyclic amines) is 1. The van der Waals surface area contributed by atoms with Gasteiger partial charge in [-0.2, -0.15) is 10.5 Å². The Bertz CT molecular complexity index is 1290. The van der Waals surface area contributed by atoms with E-state index in [0.29, 0.717) is 27.9 Å². The molecule has 0 aliphatic carbocycles. The number of aromatic nitrogens is 2. The molecular weight excluding hydrogens is 409 g/mol. The van der Waals surface area contributed by atoms with E-state index >= 15 is 4.39 Å². The summed E-state index contributed by atoms with van der Waals surface area (Å²) in [6, 6.07) is 13.8. The zero-order valence-corrected chi connectivity index (χ0v) is 17.6.